The number of carboxylic acid groups (broad SMARTS) is 1. The number of anilines is 1. The number of nitriles is 1. The molecule has 0 aliphatic rings. The summed E-state index contributed by atoms with van der Waals surface area (Å²) in [6.45, 7) is 0.467. The Hall–Kier alpha value is -2.32. The molecule has 0 aliphatic carbocycles. The van der Waals surface area contributed by atoms with Crippen LogP contribution in [0.25, 0.3) is 0 Å². The van der Waals surface area contributed by atoms with Crippen molar-refractivity contribution in [2.75, 3.05) is 5.32 Å². The average Bonchev–Trinajstić information content (AvgIpc) is 2.46. The third-order valence-corrected chi connectivity index (χ3v) is 3.52. The lowest BCUT2D eigenvalue weighted by molar-refractivity contribution is -0.136. The van der Waals surface area contributed by atoms with Crippen molar-refractivity contribution in [2.24, 2.45) is 0 Å². The van der Waals surface area contributed by atoms with Crippen LogP contribution in [-0.2, 0) is 17.8 Å². The van der Waals surface area contributed by atoms with Gasteiger partial charge in [-0.25, -0.2) is 0 Å². The van der Waals surface area contributed by atoms with E-state index in [9.17, 15) is 4.79 Å². The van der Waals surface area contributed by atoms with Crippen molar-refractivity contribution < 1.29 is 9.90 Å². The molecule has 0 unspecified atom stereocenters. The minimum Gasteiger partial charge on any atom is -0.481 e. The molecule has 2 N–H and O–H groups in total. The van der Waals surface area contributed by atoms with Gasteiger partial charge in [-0.15, -0.1) is 0 Å². The maximum absolute atomic E-state index is 10.9. The smallest absolute Gasteiger partial charge is 0.307 e. The molecule has 21 heavy (non-hydrogen) atoms. The van der Waals surface area contributed by atoms with Crippen LogP contribution in [-0.4, -0.2) is 11.1 Å². The van der Waals surface area contributed by atoms with E-state index in [2.05, 4.69) is 27.3 Å². The quantitative estimate of drug-likeness (QED) is 0.869. The lowest BCUT2D eigenvalue weighted by Gasteiger charge is -2.11. The fourth-order valence-corrected chi connectivity index (χ4v) is 2.38. The van der Waals surface area contributed by atoms with Crippen molar-refractivity contribution in [3.05, 3.63) is 63.6 Å². The summed E-state index contributed by atoms with van der Waals surface area (Å²) in [6, 6.07) is 14.9. The van der Waals surface area contributed by atoms with Crippen LogP contribution < -0.4 is 5.32 Å². The topological polar surface area (TPSA) is 73.1 Å². The maximum atomic E-state index is 10.9. The highest BCUT2D eigenvalue weighted by Gasteiger charge is 2.07. The van der Waals surface area contributed by atoms with Crippen LogP contribution in [0.4, 0.5) is 5.69 Å². The first-order chi connectivity index (χ1) is 10.1. The molecule has 0 atom stereocenters. The first-order valence-electron chi connectivity index (χ1n) is 6.32. The van der Waals surface area contributed by atoms with Crippen molar-refractivity contribution in [3.8, 4) is 6.07 Å². The van der Waals surface area contributed by atoms with Crippen LogP contribution in [0.2, 0.25) is 0 Å². The van der Waals surface area contributed by atoms with Gasteiger partial charge in [-0.1, -0.05) is 40.2 Å². The Bertz CT molecular complexity index is 708. The number of carboxylic acids is 1. The van der Waals surface area contributed by atoms with E-state index in [1.54, 1.807) is 12.1 Å². The lowest BCUT2D eigenvalue weighted by Crippen LogP contribution is -2.07. The van der Waals surface area contributed by atoms with E-state index in [0.717, 1.165) is 21.3 Å². The second-order valence-corrected chi connectivity index (χ2v) is 5.41. The Morgan fingerprint density at radius 2 is 1.95 bits per heavy atom. The van der Waals surface area contributed by atoms with Gasteiger partial charge in [0.05, 0.1) is 17.7 Å². The molecule has 0 aliphatic heterocycles. The molecule has 0 saturated heterocycles. The van der Waals surface area contributed by atoms with E-state index >= 15 is 0 Å². The third kappa shape index (κ3) is 4.07. The highest BCUT2D eigenvalue weighted by molar-refractivity contribution is 9.10. The number of benzene rings is 2. The highest BCUT2D eigenvalue weighted by Crippen LogP contribution is 2.22. The third-order valence-electron chi connectivity index (χ3n) is 3.03. The molecule has 0 spiro atoms. The zero-order valence-electron chi connectivity index (χ0n) is 11.1. The van der Waals surface area contributed by atoms with Crippen molar-refractivity contribution in [2.45, 2.75) is 13.0 Å². The Balaban J connectivity index is 2.19. The molecule has 2 aromatic carbocycles. The van der Waals surface area contributed by atoms with Crippen molar-refractivity contribution in [1.29, 1.82) is 5.26 Å². The summed E-state index contributed by atoms with van der Waals surface area (Å²) in [7, 11) is 0. The molecule has 0 heterocycles. The number of rotatable bonds is 5. The molecule has 0 bridgehead atoms. The Labute approximate surface area is 131 Å². The summed E-state index contributed by atoms with van der Waals surface area (Å²) in [5.74, 6) is -0.859. The van der Waals surface area contributed by atoms with E-state index in [0.29, 0.717) is 12.1 Å². The van der Waals surface area contributed by atoms with Gasteiger partial charge in [0.2, 0.25) is 0 Å². The fourth-order valence-electron chi connectivity index (χ4n) is 2.02. The van der Waals surface area contributed by atoms with Crippen LogP contribution in [0.3, 0.4) is 0 Å². The highest BCUT2D eigenvalue weighted by atomic mass is 79.9. The van der Waals surface area contributed by atoms with Gasteiger partial charge in [0.25, 0.3) is 0 Å². The number of hydrogen-bond donors (Lipinski definition) is 2. The molecule has 106 valence electrons. The molecule has 5 heteroatoms. The molecule has 2 rings (SSSR count). The molecule has 0 amide bonds. The van der Waals surface area contributed by atoms with Gasteiger partial charge < -0.3 is 10.4 Å². The Kier molecular flexibility index (Phi) is 4.96. The zero-order valence-corrected chi connectivity index (χ0v) is 12.7. The van der Waals surface area contributed by atoms with Gasteiger partial charge in [0.1, 0.15) is 6.07 Å². The predicted molar refractivity (Wildman–Crippen MR) is 84.0 cm³/mol. The van der Waals surface area contributed by atoms with Crippen molar-refractivity contribution in [1.82, 2.24) is 0 Å². The monoisotopic (exact) mass is 344 g/mol. The first kappa shape index (κ1) is 15.1. The van der Waals surface area contributed by atoms with Crippen molar-refractivity contribution >= 4 is 27.6 Å². The summed E-state index contributed by atoms with van der Waals surface area (Å²) in [4.78, 5) is 10.9. The van der Waals surface area contributed by atoms with Gasteiger partial charge in [-0.05, 0) is 29.3 Å². The van der Waals surface area contributed by atoms with Gasteiger partial charge >= 0.3 is 5.97 Å². The summed E-state index contributed by atoms with van der Waals surface area (Å²) in [5, 5.41) is 21.2. The van der Waals surface area contributed by atoms with Gasteiger partial charge in [-0.3, -0.25) is 4.79 Å². The average molecular weight is 345 g/mol. The van der Waals surface area contributed by atoms with Crippen LogP contribution >= 0.6 is 15.9 Å². The Morgan fingerprint density at radius 3 is 2.62 bits per heavy atom. The summed E-state index contributed by atoms with van der Waals surface area (Å²) < 4.78 is 0.878. The summed E-state index contributed by atoms with van der Waals surface area (Å²) in [6.07, 6.45) is -0.0125. The molecular weight excluding hydrogens is 332 g/mol. The molecular formula is C16H13BrN2O2. The van der Waals surface area contributed by atoms with Gasteiger partial charge in [0.15, 0.2) is 0 Å². The summed E-state index contributed by atoms with van der Waals surface area (Å²) in [5.41, 5.74) is 2.95. The van der Waals surface area contributed by atoms with E-state index in [1.807, 2.05) is 30.3 Å². The predicted octanol–water partition coefficient (Wildman–Crippen LogP) is 3.56. The molecule has 0 fully saturated rings. The van der Waals surface area contributed by atoms with E-state index in [-0.39, 0.29) is 6.42 Å². The number of nitrogens with one attached hydrogen (secondary N) is 1. The summed E-state index contributed by atoms with van der Waals surface area (Å²) >= 11 is 3.37. The molecule has 2 aromatic rings. The largest absolute Gasteiger partial charge is 0.481 e. The Morgan fingerprint density at radius 1 is 1.24 bits per heavy atom. The number of hydrogen-bond acceptors (Lipinski definition) is 3. The molecule has 0 aromatic heterocycles. The minimum absolute atomic E-state index is 0.0125. The second kappa shape index (κ2) is 6.91. The number of aliphatic carboxylic acids is 1. The first-order valence-corrected chi connectivity index (χ1v) is 7.11. The van der Waals surface area contributed by atoms with Crippen LogP contribution in [0.15, 0.2) is 46.9 Å². The number of carbonyl (C=O) groups is 1. The standard InChI is InChI=1S/C16H13BrN2O2/c17-14-6-5-12(9-18)15(8-14)19-10-13-4-2-1-3-11(13)7-16(20)21/h1-6,8,19H,7,10H2,(H,20,21). The molecule has 0 radical (unpaired) electrons. The minimum atomic E-state index is -0.859. The number of nitrogens with zero attached hydrogens (tertiary/aromatic N) is 1. The maximum Gasteiger partial charge on any atom is 0.307 e. The normalized spacial score (nSPS) is 9.90. The van der Waals surface area contributed by atoms with Gasteiger partial charge in [-0.2, -0.15) is 5.26 Å². The van der Waals surface area contributed by atoms with Crippen LogP contribution in [0.5, 0.6) is 0 Å². The SMILES string of the molecule is N#Cc1ccc(Br)cc1NCc1ccccc1CC(=O)O. The van der Waals surface area contributed by atoms with E-state index in [4.69, 9.17) is 10.4 Å². The zero-order chi connectivity index (χ0) is 15.2. The number of halogens is 1. The fraction of sp³-hybridized carbons (Fsp3) is 0.125. The van der Waals surface area contributed by atoms with E-state index < -0.39 is 5.97 Å². The van der Waals surface area contributed by atoms with Crippen LogP contribution in [0, 0.1) is 11.3 Å². The van der Waals surface area contributed by atoms with Crippen molar-refractivity contribution in [3.63, 3.8) is 0 Å². The van der Waals surface area contributed by atoms with E-state index in [1.165, 1.54) is 0 Å². The molecule has 4 nitrogen and oxygen atoms in total. The lowest BCUT2D eigenvalue weighted by atomic mass is 10.0. The molecule has 0 saturated carbocycles. The second-order valence-electron chi connectivity index (χ2n) is 4.49. The van der Waals surface area contributed by atoms with Crippen LogP contribution in [0.1, 0.15) is 16.7 Å². The van der Waals surface area contributed by atoms with Gasteiger partial charge in [0, 0.05) is 11.0 Å².